The Kier molecular flexibility index (Phi) is 6.01. The highest BCUT2D eigenvalue weighted by atomic mass is 32.1. The van der Waals surface area contributed by atoms with E-state index in [0.29, 0.717) is 6.61 Å². The molecule has 0 aromatic heterocycles. The lowest BCUT2D eigenvalue weighted by molar-refractivity contribution is -0.142. The highest BCUT2D eigenvalue weighted by Crippen LogP contribution is 2.11. The lowest BCUT2D eigenvalue weighted by atomic mass is 10.1. The molecule has 0 radical (unpaired) electrons. The molecule has 0 N–H and O–H groups in total. The van der Waals surface area contributed by atoms with Gasteiger partial charge in [0.25, 0.3) is 0 Å². The maximum atomic E-state index is 11.3. The lowest BCUT2D eigenvalue weighted by Crippen LogP contribution is -2.18. The van der Waals surface area contributed by atoms with Crippen molar-refractivity contribution in [2.45, 2.75) is 31.4 Å². The topological polar surface area (TPSA) is 26.3 Å². The van der Waals surface area contributed by atoms with Gasteiger partial charge in [-0.15, -0.1) is 0 Å². The van der Waals surface area contributed by atoms with Crippen LogP contribution in [-0.2, 0) is 16.0 Å². The minimum absolute atomic E-state index is 0.209. The van der Waals surface area contributed by atoms with Gasteiger partial charge in [-0.3, -0.25) is 4.79 Å². The molecule has 1 rings (SSSR count). The van der Waals surface area contributed by atoms with Crippen LogP contribution in [0.1, 0.15) is 25.3 Å². The molecule has 0 bridgehead atoms. The molecular weight excluding hydrogens is 220 g/mol. The van der Waals surface area contributed by atoms with Gasteiger partial charge in [-0.05, 0) is 31.7 Å². The van der Waals surface area contributed by atoms with Gasteiger partial charge in [0.2, 0.25) is 0 Å². The molecule has 0 saturated heterocycles. The standard InChI is InChI=1S/C13H18O2S/c1-2-15-13(14)12(16)10-6-9-11-7-4-3-5-8-11/h3-5,7-8,12,16H,2,6,9-10H2,1H3. The number of thiol groups is 1. The summed E-state index contributed by atoms with van der Waals surface area (Å²) in [4.78, 5) is 11.3. The zero-order valence-electron chi connectivity index (χ0n) is 9.56. The van der Waals surface area contributed by atoms with Crippen molar-refractivity contribution in [3.63, 3.8) is 0 Å². The maximum Gasteiger partial charge on any atom is 0.318 e. The van der Waals surface area contributed by atoms with Gasteiger partial charge in [0.05, 0.1) is 11.9 Å². The van der Waals surface area contributed by atoms with Crippen LogP contribution in [0.2, 0.25) is 0 Å². The number of hydrogen-bond acceptors (Lipinski definition) is 3. The molecule has 1 aromatic rings. The van der Waals surface area contributed by atoms with Gasteiger partial charge in [-0.1, -0.05) is 30.3 Å². The summed E-state index contributed by atoms with van der Waals surface area (Å²) in [6.45, 7) is 2.23. The van der Waals surface area contributed by atoms with Crippen molar-refractivity contribution in [1.29, 1.82) is 0 Å². The Morgan fingerprint density at radius 1 is 1.38 bits per heavy atom. The number of carbonyl (C=O) groups excluding carboxylic acids is 1. The third kappa shape index (κ3) is 4.71. The second-order valence-electron chi connectivity index (χ2n) is 3.65. The summed E-state index contributed by atoms with van der Waals surface area (Å²) in [5, 5.41) is -0.288. The SMILES string of the molecule is CCOC(=O)C(S)CCCc1ccccc1. The van der Waals surface area contributed by atoms with Crippen molar-refractivity contribution in [2.75, 3.05) is 6.61 Å². The van der Waals surface area contributed by atoms with Crippen molar-refractivity contribution >= 4 is 18.6 Å². The number of aryl methyl sites for hydroxylation is 1. The van der Waals surface area contributed by atoms with Crippen molar-refractivity contribution in [1.82, 2.24) is 0 Å². The minimum atomic E-state index is -0.288. The van der Waals surface area contributed by atoms with E-state index in [1.54, 1.807) is 0 Å². The van der Waals surface area contributed by atoms with Crippen LogP contribution in [0.25, 0.3) is 0 Å². The van der Waals surface area contributed by atoms with E-state index in [1.807, 2.05) is 25.1 Å². The van der Waals surface area contributed by atoms with Gasteiger partial charge in [-0.2, -0.15) is 12.6 Å². The van der Waals surface area contributed by atoms with Crippen molar-refractivity contribution in [2.24, 2.45) is 0 Å². The fraction of sp³-hybridized carbons (Fsp3) is 0.462. The first-order valence-corrected chi connectivity index (χ1v) is 6.14. The quantitative estimate of drug-likeness (QED) is 0.609. The number of rotatable bonds is 6. The number of carbonyl (C=O) groups is 1. The summed E-state index contributed by atoms with van der Waals surface area (Å²) >= 11 is 4.23. The molecule has 0 aliphatic rings. The predicted octanol–water partition coefficient (Wildman–Crippen LogP) is 2.87. The van der Waals surface area contributed by atoms with Crippen LogP contribution in [0.5, 0.6) is 0 Å². The molecule has 0 heterocycles. The van der Waals surface area contributed by atoms with Crippen LogP contribution in [0.3, 0.4) is 0 Å². The van der Waals surface area contributed by atoms with E-state index in [1.165, 1.54) is 5.56 Å². The fourth-order valence-corrected chi connectivity index (χ4v) is 1.76. The van der Waals surface area contributed by atoms with Crippen LogP contribution in [0.4, 0.5) is 0 Å². The Morgan fingerprint density at radius 3 is 2.69 bits per heavy atom. The third-order valence-corrected chi connectivity index (χ3v) is 2.81. The second kappa shape index (κ2) is 7.34. The van der Waals surface area contributed by atoms with Crippen LogP contribution in [-0.4, -0.2) is 17.8 Å². The van der Waals surface area contributed by atoms with E-state index in [-0.39, 0.29) is 11.2 Å². The van der Waals surface area contributed by atoms with Crippen molar-refractivity contribution in [3.8, 4) is 0 Å². The molecule has 88 valence electrons. The average Bonchev–Trinajstić information content (AvgIpc) is 2.30. The zero-order chi connectivity index (χ0) is 11.8. The molecular formula is C13H18O2S. The largest absolute Gasteiger partial charge is 0.465 e. The molecule has 0 saturated carbocycles. The van der Waals surface area contributed by atoms with Gasteiger partial charge in [0, 0.05) is 0 Å². The van der Waals surface area contributed by atoms with E-state index < -0.39 is 0 Å². The number of hydrogen-bond donors (Lipinski definition) is 1. The zero-order valence-corrected chi connectivity index (χ0v) is 10.5. The Bertz CT molecular complexity index is 311. The molecule has 3 heteroatoms. The van der Waals surface area contributed by atoms with Crippen molar-refractivity contribution < 1.29 is 9.53 Å². The fourth-order valence-electron chi connectivity index (χ4n) is 1.50. The average molecular weight is 238 g/mol. The van der Waals surface area contributed by atoms with E-state index in [2.05, 4.69) is 24.8 Å². The monoisotopic (exact) mass is 238 g/mol. The normalized spacial score (nSPS) is 12.1. The Labute approximate surface area is 102 Å². The maximum absolute atomic E-state index is 11.3. The molecule has 0 amide bonds. The molecule has 0 fully saturated rings. The molecule has 1 unspecified atom stereocenters. The summed E-state index contributed by atoms with van der Waals surface area (Å²) in [5.74, 6) is -0.209. The molecule has 0 aliphatic carbocycles. The molecule has 1 aromatic carbocycles. The van der Waals surface area contributed by atoms with Gasteiger partial charge in [0.15, 0.2) is 0 Å². The van der Waals surface area contributed by atoms with E-state index in [4.69, 9.17) is 4.74 Å². The smallest absolute Gasteiger partial charge is 0.318 e. The summed E-state index contributed by atoms with van der Waals surface area (Å²) in [5.41, 5.74) is 1.30. The summed E-state index contributed by atoms with van der Waals surface area (Å²) in [7, 11) is 0. The van der Waals surface area contributed by atoms with Crippen molar-refractivity contribution in [3.05, 3.63) is 35.9 Å². The van der Waals surface area contributed by atoms with Gasteiger partial charge in [-0.25, -0.2) is 0 Å². The molecule has 2 nitrogen and oxygen atoms in total. The lowest BCUT2D eigenvalue weighted by Gasteiger charge is -2.09. The molecule has 0 spiro atoms. The van der Waals surface area contributed by atoms with E-state index in [9.17, 15) is 4.79 Å². The van der Waals surface area contributed by atoms with Gasteiger partial charge >= 0.3 is 5.97 Å². The van der Waals surface area contributed by atoms with Crippen LogP contribution in [0, 0.1) is 0 Å². The number of ether oxygens (including phenoxy) is 1. The highest BCUT2D eigenvalue weighted by Gasteiger charge is 2.13. The first-order valence-electron chi connectivity index (χ1n) is 5.62. The van der Waals surface area contributed by atoms with Crippen LogP contribution in [0.15, 0.2) is 30.3 Å². The van der Waals surface area contributed by atoms with E-state index >= 15 is 0 Å². The first kappa shape index (κ1) is 13.1. The molecule has 1 atom stereocenters. The van der Waals surface area contributed by atoms with E-state index in [0.717, 1.165) is 19.3 Å². The van der Waals surface area contributed by atoms with Crippen LogP contribution >= 0.6 is 12.6 Å². The number of esters is 1. The summed E-state index contributed by atoms with van der Waals surface area (Å²) < 4.78 is 4.89. The van der Waals surface area contributed by atoms with Gasteiger partial charge < -0.3 is 4.74 Å². The van der Waals surface area contributed by atoms with Crippen LogP contribution < -0.4 is 0 Å². The molecule has 0 aliphatic heterocycles. The Hall–Kier alpha value is -0.960. The summed E-state index contributed by atoms with van der Waals surface area (Å²) in [6.07, 6.45) is 2.70. The minimum Gasteiger partial charge on any atom is -0.465 e. The predicted molar refractivity (Wildman–Crippen MR) is 68.8 cm³/mol. The highest BCUT2D eigenvalue weighted by molar-refractivity contribution is 7.81. The Balaban J connectivity index is 2.23. The third-order valence-electron chi connectivity index (χ3n) is 2.34. The van der Waals surface area contributed by atoms with Gasteiger partial charge in [0.1, 0.15) is 0 Å². The summed E-state index contributed by atoms with van der Waals surface area (Å²) in [6, 6.07) is 10.2. The molecule has 16 heavy (non-hydrogen) atoms. The number of benzene rings is 1. The second-order valence-corrected chi connectivity index (χ2v) is 4.27. The first-order chi connectivity index (χ1) is 7.74. The Morgan fingerprint density at radius 2 is 2.06 bits per heavy atom.